The van der Waals surface area contributed by atoms with E-state index in [9.17, 15) is 23.9 Å². The molecule has 2 amide bonds. The zero-order chi connectivity index (χ0) is 24.4. The number of hydrogen-bond donors (Lipinski definition) is 3. The summed E-state index contributed by atoms with van der Waals surface area (Å²) < 4.78 is 13.9. The molecule has 0 aliphatic heterocycles. The minimum absolute atomic E-state index is 0.0260. The van der Waals surface area contributed by atoms with Gasteiger partial charge in [0.25, 0.3) is 0 Å². The summed E-state index contributed by atoms with van der Waals surface area (Å²) in [5.41, 5.74) is 6.95. The molecular weight excluding hydrogens is 427 g/mol. The van der Waals surface area contributed by atoms with Gasteiger partial charge in [-0.15, -0.1) is 0 Å². The number of unbranched alkanes of at least 4 members (excludes halogenated alkanes) is 1. The number of pyridine rings is 1. The van der Waals surface area contributed by atoms with Crippen LogP contribution in [0.15, 0.2) is 48.8 Å². The third-order valence-corrected chi connectivity index (χ3v) is 5.45. The summed E-state index contributed by atoms with van der Waals surface area (Å²) in [4.78, 5) is 42.9. The number of benzene rings is 1. The number of nitrogens with two attached hydrogens (primary N) is 1. The fraction of sp³-hybridized carbons (Fsp3) is 0.417. The number of amides is 2. The van der Waals surface area contributed by atoms with E-state index >= 15 is 0 Å². The van der Waals surface area contributed by atoms with Gasteiger partial charge >= 0.3 is 5.97 Å². The molecule has 1 aromatic heterocycles. The lowest BCUT2D eigenvalue weighted by Crippen LogP contribution is -2.55. The van der Waals surface area contributed by atoms with Crippen LogP contribution in [0.1, 0.15) is 37.3 Å². The standard InChI is InChI=1S/C24H31FN4O4/c1-3-4-11-20(28-22(30)19(26)14-17-9-5-6-10-18(17)25)23(31)29(2)21(24(32)33)13-16-8-7-12-27-15-16/h5-10,12,15,19-21H,3-4,11,13-14,26H2,1-2H3,(H,28,30)(H,32,33). The van der Waals surface area contributed by atoms with Crippen molar-refractivity contribution >= 4 is 17.8 Å². The van der Waals surface area contributed by atoms with Crippen molar-refractivity contribution in [2.75, 3.05) is 7.05 Å². The number of hydrogen-bond acceptors (Lipinski definition) is 5. The predicted octanol–water partition coefficient (Wildman–Crippen LogP) is 1.92. The number of carboxylic acids is 1. The molecule has 4 N–H and O–H groups in total. The molecule has 0 saturated carbocycles. The highest BCUT2D eigenvalue weighted by molar-refractivity contribution is 5.91. The van der Waals surface area contributed by atoms with Crippen LogP contribution in [0, 0.1) is 5.82 Å². The van der Waals surface area contributed by atoms with Crippen molar-refractivity contribution in [2.45, 2.75) is 57.2 Å². The first-order valence-electron chi connectivity index (χ1n) is 10.9. The molecule has 0 bridgehead atoms. The Morgan fingerprint density at radius 2 is 1.91 bits per heavy atom. The maximum absolute atomic E-state index is 13.9. The SMILES string of the molecule is CCCCC(NC(=O)C(N)Cc1ccccc1F)C(=O)N(C)C(Cc1cccnc1)C(=O)O. The molecule has 0 radical (unpaired) electrons. The Balaban J connectivity index is 2.12. The molecule has 33 heavy (non-hydrogen) atoms. The van der Waals surface area contributed by atoms with E-state index in [1.54, 1.807) is 42.7 Å². The van der Waals surface area contributed by atoms with Gasteiger partial charge in [0.1, 0.15) is 17.9 Å². The van der Waals surface area contributed by atoms with E-state index in [4.69, 9.17) is 5.73 Å². The van der Waals surface area contributed by atoms with Crippen molar-refractivity contribution in [1.29, 1.82) is 0 Å². The van der Waals surface area contributed by atoms with Crippen molar-refractivity contribution in [3.05, 3.63) is 65.7 Å². The molecule has 3 atom stereocenters. The Hall–Kier alpha value is -3.33. The van der Waals surface area contributed by atoms with Crippen molar-refractivity contribution in [1.82, 2.24) is 15.2 Å². The maximum Gasteiger partial charge on any atom is 0.326 e. The zero-order valence-electron chi connectivity index (χ0n) is 18.9. The van der Waals surface area contributed by atoms with E-state index < -0.39 is 41.7 Å². The Bertz CT molecular complexity index is 941. The topological polar surface area (TPSA) is 126 Å². The first-order chi connectivity index (χ1) is 15.7. The Labute approximate surface area is 193 Å². The number of aliphatic carboxylic acids is 1. The average Bonchev–Trinajstić information content (AvgIpc) is 2.81. The molecule has 2 rings (SSSR count). The summed E-state index contributed by atoms with van der Waals surface area (Å²) in [6, 6.07) is 6.33. The predicted molar refractivity (Wildman–Crippen MR) is 122 cm³/mol. The van der Waals surface area contributed by atoms with E-state index in [0.29, 0.717) is 24.0 Å². The summed E-state index contributed by atoms with van der Waals surface area (Å²) in [6.07, 6.45) is 4.93. The Morgan fingerprint density at radius 3 is 2.52 bits per heavy atom. The quantitative estimate of drug-likeness (QED) is 0.446. The third-order valence-electron chi connectivity index (χ3n) is 5.45. The highest BCUT2D eigenvalue weighted by Gasteiger charge is 2.32. The minimum Gasteiger partial charge on any atom is -0.480 e. The summed E-state index contributed by atoms with van der Waals surface area (Å²) in [6.45, 7) is 1.94. The van der Waals surface area contributed by atoms with Crippen LogP contribution in [0.2, 0.25) is 0 Å². The summed E-state index contributed by atoms with van der Waals surface area (Å²) in [5.74, 6) is -2.74. The van der Waals surface area contributed by atoms with Gasteiger partial charge in [0.15, 0.2) is 0 Å². The van der Waals surface area contributed by atoms with Crippen LogP contribution in [0.4, 0.5) is 4.39 Å². The van der Waals surface area contributed by atoms with E-state index in [2.05, 4.69) is 10.3 Å². The lowest BCUT2D eigenvalue weighted by molar-refractivity contribution is -0.150. The van der Waals surface area contributed by atoms with Crippen LogP contribution in [-0.2, 0) is 27.2 Å². The van der Waals surface area contributed by atoms with Gasteiger partial charge in [0.2, 0.25) is 11.8 Å². The van der Waals surface area contributed by atoms with Crippen LogP contribution in [0.3, 0.4) is 0 Å². The van der Waals surface area contributed by atoms with Crippen LogP contribution in [0.25, 0.3) is 0 Å². The smallest absolute Gasteiger partial charge is 0.326 e. The van der Waals surface area contributed by atoms with Gasteiger partial charge in [-0.05, 0) is 36.1 Å². The molecule has 3 unspecified atom stereocenters. The van der Waals surface area contributed by atoms with Crippen molar-refractivity contribution in [3.63, 3.8) is 0 Å². The molecule has 0 aliphatic carbocycles. The molecule has 2 aromatic rings. The second-order valence-corrected chi connectivity index (χ2v) is 7.97. The maximum atomic E-state index is 13.9. The number of carbonyl (C=O) groups excluding carboxylic acids is 2. The number of carbonyl (C=O) groups is 3. The molecular formula is C24H31FN4O4. The van der Waals surface area contributed by atoms with Crippen LogP contribution >= 0.6 is 0 Å². The number of rotatable bonds is 12. The summed E-state index contributed by atoms with van der Waals surface area (Å²) in [5, 5.41) is 12.4. The van der Waals surface area contributed by atoms with Crippen LogP contribution in [-0.4, -0.2) is 57.9 Å². The highest BCUT2D eigenvalue weighted by atomic mass is 19.1. The van der Waals surface area contributed by atoms with Crippen molar-refractivity contribution < 1.29 is 23.9 Å². The fourth-order valence-corrected chi connectivity index (χ4v) is 3.47. The Morgan fingerprint density at radius 1 is 1.18 bits per heavy atom. The molecule has 1 heterocycles. The highest BCUT2D eigenvalue weighted by Crippen LogP contribution is 2.13. The van der Waals surface area contributed by atoms with Gasteiger partial charge in [-0.25, -0.2) is 9.18 Å². The molecule has 178 valence electrons. The molecule has 8 nitrogen and oxygen atoms in total. The largest absolute Gasteiger partial charge is 0.480 e. The van der Waals surface area contributed by atoms with E-state index in [1.165, 1.54) is 13.1 Å². The van der Waals surface area contributed by atoms with Gasteiger partial charge in [0.05, 0.1) is 6.04 Å². The van der Waals surface area contributed by atoms with Gasteiger partial charge in [0, 0.05) is 25.9 Å². The third kappa shape index (κ3) is 7.64. The monoisotopic (exact) mass is 458 g/mol. The summed E-state index contributed by atoms with van der Waals surface area (Å²) >= 11 is 0. The molecule has 1 aromatic carbocycles. The van der Waals surface area contributed by atoms with Crippen LogP contribution < -0.4 is 11.1 Å². The van der Waals surface area contributed by atoms with Gasteiger partial charge in [-0.3, -0.25) is 14.6 Å². The molecule has 0 aliphatic rings. The van der Waals surface area contributed by atoms with E-state index in [1.807, 2.05) is 6.92 Å². The number of nitrogens with zero attached hydrogens (tertiary/aromatic N) is 2. The van der Waals surface area contributed by atoms with Gasteiger partial charge in [-0.1, -0.05) is 44.0 Å². The molecule has 0 spiro atoms. The van der Waals surface area contributed by atoms with E-state index in [-0.39, 0.29) is 12.8 Å². The molecule has 0 fully saturated rings. The first-order valence-corrected chi connectivity index (χ1v) is 10.9. The molecule has 0 saturated heterocycles. The zero-order valence-corrected chi connectivity index (χ0v) is 18.9. The number of halogens is 1. The van der Waals surface area contributed by atoms with Gasteiger partial charge < -0.3 is 21.1 Å². The lowest BCUT2D eigenvalue weighted by atomic mass is 10.0. The summed E-state index contributed by atoms with van der Waals surface area (Å²) in [7, 11) is 1.40. The number of carboxylic acid groups (broad SMARTS) is 1. The number of likely N-dealkylation sites (N-methyl/N-ethyl adjacent to an activating group) is 1. The average molecular weight is 459 g/mol. The lowest BCUT2D eigenvalue weighted by Gasteiger charge is -2.30. The molecule has 9 heteroatoms. The van der Waals surface area contributed by atoms with Crippen molar-refractivity contribution in [3.8, 4) is 0 Å². The van der Waals surface area contributed by atoms with Crippen molar-refractivity contribution in [2.24, 2.45) is 5.73 Å². The normalized spacial score (nSPS) is 13.6. The first kappa shape index (κ1) is 25.9. The second-order valence-electron chi connectivity index (χ2n) is 7.97. The fourth-order valence-electron chi connectivity index (χ4n) is 3.47. The van der Waals surface area contributed by atoms with E-state index in [0.717, 1.165) is 11.3 Å². The number of nitrogens with one attached hydrogen (secondary N) is 1. The Kier molecular flexibility index (Phi) is 9.93. The van der Waals surface area contributed by atoms with Gasteiger partial charge in [-0.2, -0.15) is 0 Å². The second kappa shape index (κ2) is 12.6. The number of aromatic nitrogens is 1. The van der Waals surface area contributed by atoms with Crippen LogP contribution in [0.5, 0.6) is 0 Å². The minimum atomic E-state index is -1.16.